The minimum absolute atomic E-state index is 0.0649. The molecule has 25 heavy (non-hydrogen) atoms. The van der Waals surface area contributed by atoms with E-state index < -0.39 is 11.9 Å². The third-order valence-corrected chi connectivity index (χ3v) is 3.19. The van der Waals surface area contributed by atoms with E-state index in [-0.39, 0.29) is 18.3 Å². The average Bonchev–Trinajstić information content (AvgIpc) is 3.05. The molecule has 1 heterocycles. The van der Waals surface area contributed by atoms with Gasteiger partial charge in [-0.2, -0.15) is 0 Å². The zero-order valence-electron chi connectivity index (χ0n) is 16.0. The lowest BCUT2D eigenvalue weighted by Crippen LogP contribution is -2.45. The Hall–Kier alpha value is -2.11. The lowest BCUT2D eigenvalue weighted by atomic mass is 10.2. The molecule has 3 N–H and O–H groups in total. The van der Waals surface area contributed by atoms with E-state index in [1.165, 1.54) is 17.0 Å². The molecular weight excluding hydrogens is 321 g/mol. The molecule has 1 aliphatic rings. The van der Waals surface area contributed by atoms with Crippen LogP contribution in [-0.2, 0) is 9.59 Å². The number of nitrogens with zero attached hydrogens (tertiary/aromatic N) is 1. The van der Waals surface area contributed by atoms with Crippen LogP contribution in [-0.4, -0.2) is 35.8 Å². The van der Waals surface area contributed by atoms with Crippen LogP contribution in [0.25, 0.3) is 0 Å². The second kappa shape index (κ2) is 12.3. The van der Waals surface area contributed by atoms with Gasteiger partial charge >= 0.3 is 0 Å². The predicted molar refractivity (Wildman–Crippen MR) is 101 cm³/mol. The van der Waals surface area contributed by atoms with Gasteiger partial charge in [0.15, 0.2) is 0 Å². The van der Waals surface area contributed by atoms with Crippen LogP contribution in [0.5, 0.6) is 0 Å². The molecule has 142 valence electrons. The number of halogens is 1. The van der Waals surface area contributed by atoms with Gasteiger partial charge in [-0.3, -0.25) is 9.59 Å². The summed E-state index contributed by atoms with van der Waals surface area (Å²) in [5.74, 6) is -0.136. The van der Waals surface area contributed by atoms with E-state index in [2.05, 4.69) is 26.1 Å². The molecule has 6 heteroatoms. The van der Waals surface area contributed by atoms with Crippen molar-refractivity contribution >= 4 is 17.5 Å². The van der Waals surface area contributed by atoms with Gasteiger partial charge < -0.3 is 16.0 Å². The van der Waals surface area contributed by atoms with Crippen LogP contribution in [0, 0.1) is 11.7 Å². The summed E-state index contributed by atoms with van der Waals surface area (Å²) in [6, 6.07) is 5.24. The number of amides is 2. The highest BCUT2D eigenvalue weighted by atomic mass is 19.1. The summed E-state index contributed by atoms with van der Waals surface area (Å²) in [5.41, 5.74) is 5.91. The van der Waals surface area contributed by atoms with E-state index in [0.717, 1.165) is 12.3 Å². The van der Waals surface area contributed by atoms with Crippen molar-refractivity contribution in [2.45, 2.75) is 53.5 Å². The summed E-state index contributed by atoms with van der Waals surface area (Å²) < 4.78 is 12.7. The van der Waals surface area contributed by atoms with Gasteiger partial charge in [-0.1, -0.05) is 34.6 Å². The second-order valence-electron chi connectivity index (χ2n) is 6.24. The van der Waals surface area contributed by atoms with E-state index in [4.69, 9.17) is 5.73 Å². The van der Waals surface area contributed by atoms with Gasteiger partial charge in [-0.25, -0.2) is 4.39 Å². The van der Waals surface area contributed by atoms with Crippen LogP contribution in [0.4, 0.5) is 10.1 Å². The summed E-state index contributed by atoms with van der Waals surface area (Å²) in [7, 11) is 0. The van der Waals surface area contributed by atoms with Gasteiger partial charge in [0.25, 0.3) is 0 Å². The molecule has 0 spiro atoms. The Balaban J connectivity index is 0.000000845. The Morgan fingerprint density at radius 1 is 1.24 bits per heavy atom. The molecule has 0 saturated carbocycles. The molecular formula is C19H32FN3O2. The van der Waals surface area contributed by atoms with E-state index in [0.29, 0.717) is 18.7 Å². The molecule has 0 aromatic heterocycles. The van der Waals surface area contributed by atoms with Crippen molar-refractivity contribution in [3.05, 3.63) is 30.1 Å². The zero-order valence-corrected chi connectivity index (χ0v) is 16.0. The van der Waals surface area contributed by atoms with Crippen LogP contribution in [0.15, 0.2) is 24.3 Å². The number of nitrogens with one attached hydrogen (secondary N) is 1. The number of nitrogens with two attached hydrogens (primary N) is 1. The van der Waals surface area contributed by atoms with Crippen LogP contribution in [0.3, 0.4) is 0 Å². The van der Waals surface area contributed by atoms with Crippen LogP contribution >= 0.6 is 0 Å². The number of rotatable bonds is 4. The maximum atomic E-state index is 12.7. The summed E-state index contributed by atoms with van der Waals surface area (Å²) >= 11 is 0. The van der Waals surface area contributed by atoms with Crippen LogP contribution in [0.1, 0.15) is 47.5 Å². The number of carbonyl (C=O) groups is 2. The predicted octanol–water partition coefficient (Wildman–Crippen LogP) is 3.40. The number of benzene rings is 1. The molecule has 1 aliphatic heterocycles. The lowest BCUT2D eigenvalue weighted by Gasteiger charge is -2.22. The molecule has 1 aromatic rings. The minimum atomic E-state index is -0.498. The van der Waals surface area contributed by atoms with E-state index in [1.54, 1.807) is 12.1 Å². The lowest BCUT2D eigenvalue weighted by molar-refractivity contribution is -0.135. The molecule has 0 radical (unpaired) electrons. The van der Waals surface area contributed by atoms with Crippen molar-refractivity contribution in [1.29, 1.82) is 0 Å². The number of primary amides is 1. The standard InChI is InChI=1S/C13H16FN3O2.C4H10.C2H6/c14-9-3-5-10(6-4-9)16-8-12(18)17-7-1-2-11(17)13(15)19;1-4(2)3;1-2/h3-6,11,16H,1-2,7-8H2,(H2,15,19);4H,1-3H3;1-2H3. The molecule has 1 atom stereocenters. The van der Waals surface area contributed by atoms with E-state index in [9.17, 15) is 14.0 Å². The summed E-state index contributed by atoms with van der Waals surface area (Å²) in [5, 5.41) is 2.90. The van der Waals surface area contributed by atoms with Gasteiger partial charge in [0.1, 0.15) is 11.9 Å². The smallest absolute Gasteiger partial charge is 0.242 e. The first-order chi connectivity index (χ1) is 11.8. The Bertz CT molecular complexity index is 515. The SMILES string of the molecule is CC.CC(C)C.NC(=O)C1CCCN1C(=O)CNc1ccc(F)cc1. The van der Waals surface area contributed by atoms with Crippen LogP contribution < -0.4 is 11.1 Å². The Morgan fingerprint density at radius 3 is 2.24 bits per heavy atom. The van der Waals surface area contributed by atoms with Crippen molar-refractivity contribution in [1.82, 2.24) is 4.90 Å². The van der Waals surface area contributed by atoms with Crippen molar-refractivity contribution < 1.29 is 14.0 Å². The number of likely N-dealkylation sites (tertiary alicyclic amines) is 1. The Kier molecular flexibility index (Phi) is 11.2. The van der Waals surface area contributed by atoms with E-state index in [1.807, 2.05) is 13.8 Å². The highest BCUT2D eigenvalue weighted by Gasteiger charge is 2.32. The molecule has 1 fully saturated rings. The molecule has 2 amide bonds. The summed E-state index contributed by atoms with van der Waals surface area (Å²) in [6.45, 7) is 11.1. The molecule has 0 bridgehead atoms. The summed E-state index contributed by atoms with van der Waals surface area (Å²) in [6.07, 6.45) is 1.41. The average molecular weight is 353 g/mol. The zero-order chi connectivity index (χ0) is 19.4. The van der Waals surface area contributed by atoms with E-state index >= 15 is 0 Å². The largest absolute Gasteiger partial charge is 0.376 e. The fourth-order valence-electron chi connectivity index (χ4n) is 2.21. The highest BCUT2D eigenvalue weighted by molar-refractivity contribution is 5.89. The third-order valence-electron chi connectivity index (χ3n) is 3.19. The first-order valence-electron chi connectivity index (χ1n) is 8.89. The highest BCUT2D eigenvalue weighted by Crippen LogP contribution is 2.17. The van der Waals surface area contributed by atoms with Gasteiger partial charge in [-0.05, 0) is 43.0 Å². The van der Waals surface area contributed by atoms with Crippen LogP contribution in [0.2, 0.25) is 0 Å². The Morgan fingerprint density at radius 2 is 1.76 bits per heavy atom. The molecule has 1 aromatic carbocycles. The van der Waals surface area contributed by atoms with Crippen molar-refractivity contribution in [2.24, 2.45) is 11.7 Å². The van der Waals surface area contributed by atoms with Crippen molar-refractivity contribution in [3.8, 4) is 0 Å². The maximum Gasteiger partial charge on any atom is 0.242 e. The normalized spacial score (nSPS) is 15.6. The van der Waals surface area contributed by atoms with Gasteiger partial charge in [0, 0.05) is 12.2 Å². The summed E-state index contributed by atoms with van der Waals surface area (Å²) in [4.78, 5) is 24.7. The van der Waals surface area contributed by atoms with Crippen molar-refractivity contribution in [2.75, 3.05) is 18.4 Å². The number of carbonyl (C=O) groups excluding carboxylic acids is 2. The molecule has 0 aliphatic carbocycles. The maximum absolute atomic E-state index is 12.7. The molecule has 5 nitrogen and oxygen atoms in total. The Labute approximate surface area is 150 Å². The fourth-order valence-corrected chi connectivity index (χ4v) is 2.21. The molecule has 1 saturated heterocycles. The van der Waals surface area contributed by atoms with Gasteiger partial charge in [0.05, 0.1) is 6.54 Å². The first-order valence-corrected chi connectivity index (χ1v) is 8.89. The first kappa shape index (κ1) is 22.9. The second-order valence-corrected chi connectivity index (χ2v) is 6.24. The number of hydrogen-bond acceptors (Lipinski definition) is 3. The fraction of sp³-hybridized carbons (Fsp3) is 0.579. The van der Waals surface area contributed by atoms with Gasteiger partial charge in [-0.15, -0.1) is 0 Å². The topological polar surface area (TPSA) is 75.4 Å². The number of anilines is 1. The van der Waals surface area contributed by atoms with Crippen molar-refractivity contribution in [3.63, 3.8) is 0 Å². The van der Waals surface area contributed by atoms with Gasteiger partial charge in [0.2, 0.25) is 11.8 Å². The molecule has 1 unspecified atom stereocenters. The number of hydrogen-bond donors (Lipinski definition) is 2. The minimum Gasteiger partial charge on any atom is -0.376 e. The quantitative estimate of drug-likeness (QED) is 0.871. The third kappa shape index (κ3) is 9.08. The molecule has 2 rings (SSSR count). The monoisotopic (exact) mass is 353 g/mol.